The molecule has 1 N–H and O–H groups in total. The van der Waals surface area contributed by atoms with Crippen molar-refractivity contribution >= 4 is 11.9 Å². The average Bonchev–Trinajstić information content (AvgIpc) is 2.00. The van der Waals surface area contributed by atoms with E-state index in [0.717, 1.165) is 19.3 Å². The standard InChI is InChI=1S/C8H13NO3/c1-8(4-3-5-8)9-6(10)7(11)12-2/h3-5H2,1-2H3,(H,9,10). The van der Waals surface area contributed by atoms with Crippen molar-refractivity contribution < 1.29 is 14.3 Å². The normalized spacial score (nSPS) is 19.2. The van der Waals surface area contributed by atoms with E-state index in [-0.39, 0.29) is 5.54 Å². The molecule has 4 nitrogen and oxygen atoms in total. The molecular formula is C8H13NO3. The zero-order valence-corrected chi connectivity index (χ0v) is 7.35. The van der Waals surface area contributed by atoms with E-state index in [2.05, 4.69) is 10.1 Å². The summed E-state index contributed by atoms with van der Waals surface area (Å²) >= 11 is 0. The Hall–Kier alpha value is -1.06. The first-order chi connectivity index (χ1) is 5.57. The monoisotopic (exact) mass is 171 g/mol. The number of carbonyl (C=O) groups excluding carboxylic acids is 2. The minimum Gasteiger partial charge on any atom is -0.462 e. The Morgan fingerprint density at radius 1 is 1.42 bits per heavy atom. The largest absolute Gasteiger partial charge is 0.462 e. The predicted octanol–water partition coefficient (Wildman–Crippen LogP) is 0.218. The Labute approximate surface area is 71.3 Å². The van der Waals surface area contributed by atoms with Crippen LogP contribution in [0.25, 0.3) is 0 Å². The van der Waals surface area contributed by atoms with E-state index < -0.39 is 11.9 Å². The van der Waals surface area contributed by atoms with Crippen LogP contribution in [0.4, 0.5) is 0 Å². The molecule has 0 atom stereocenters. The lowest BCUT2D eigenvalue weighted by molar-refractivity contribution is -0.154. The molecule has 0 aromatic rings. The molecule has 0 aromatic heterocycles. The van der Waals surface area contributed by atoms with Crippen molar-refractivity contribution in [3.8, 4) is 0 Å². The van der Waals surface area contributed by atoms with Crippen molar-refractivity contribution in [2.75, 3.05) is 7.11 Å². The van der Waals surface area contributed by atoms with E-state index >= 15 is 0 Å². The summed E-state index contributed by atoms with van der Waals surface area (Å²) < 4.78 is 4.28. The lowest BCUT2D eigenvalue weighted by Crippen LogP contribution is -2.53. The van der Waals surface area contributed by atoms with Gasteiger partial charge in [-0.15, -0.1) is 0 Å². The fourth-order valence-corrected chi connectivity index (χ4v) is 1.25. The van der Waals surface area contributed by atoms with Crippen LogP contribution in [0.5, 0.6) is 0 Å². The smallest absolute Gasteiger partial charge is 0.396 e. The maximum atomic E-state index is 11.0. The number of amides is 1. The fourth-order valence-electron chi connectivity index (χ4n) is 1.25. The lowest BCUT2D eigenvalue weighted by atomic mass is 9.78. The van der Waals surface area contributed by atoms with Crippen molar-refractivity contribution in [2.24, 2.45) is 0 Å². The second-order valence-corrected chi connectivity index (χ2v) is 3.36. The molecule has 0 aliphatic heterocycles. The molecule has 0 spiro atoms. The van der Waals surface area contributed by atoms with E-state index in [1.54, 1.807) is 0 Å². The van der Waals surface area contributed by atoms with Crippen LogP contribution in [-0.4, -0.2) is 24.5 Å². The molecule has 0 radical (unpaired) electrons. The summed E-state index contributed by atoms with van der Waals surface area (Å²) in [5.41, 5.74) is -0.175. The third kappa shape index (κ3) is 1.75. The summed E-state index contributed by atoms with van der Waals surface area (Å²) in [5, 5.41) is 2.63. The molecular weight excluding hydrogens is 158 g/mol. The van der Waals surface area contributed by atoms with Gasteiger partial charge in [-0.25, -0.2) is 4.79 Å². The topological polar surface area (TPSA) is 55.4 Å². The molecule has 0 saturated heterocycles. The summed E-state index contributed by atoms with van der Waals surface area (Å²) in [4.78, 5) is 21.7. The number of methoxy groups -OCH3 is 1. The van der Waals surface area contributed by atoms with Crippen LogP contribution in [0, 0.1) is 0 Å². The predicted molar refractivity (Wildman–Crippen MR) is 42.4 cm³/mol. The first-order valence-electron chi connectivity index (χ1n) is 3.98. The van der Waals surface area contributed by atoms with E-state index in [0.29, 0.717) is 0 Å². The Bertz CT molecular complexity index is 208. The van der Waals surface area contributed by atoms with Gasteiger partial charge >= 0.3 is 11.9 Å². The quantitative estimate of drug-likeness (QED) is 0.453. The summed E-state index contributed by atoms with van der Waals surface area (Å²) in [6.07, 6.45) is 2.99. The maximum Gasteiger partial charge on any atom is 0.396 e. The van der Waals surface area contributed by atoms with Gasteiger partial charge < -0.3 is 10.1 Å². The van der Waals surface area contributed by atoms with Crippen molar-refractivity contribution in [1.82, 2.24) is 5.32 Å². The van der Waals surface area contributed by atoms with Gasteiger partial charge in [0.25, 0.3) is 0 Å². The minimum absolute atomic E-state index is 0.175. The van der Waals surface area contributed by atoms with Crippen LogP contribution in [0.3, 0.4) is 0 Å². The summed E-state index contributed by atoms with van der Waals surface area (Å²) in [5.74, 6) is -1.46. The third-order valence-corrected chi connectivity index (χ3v) is 2.24. The molecule has 0 aromatic carbocycles. The molecule has 0 unspecified atom stereocenters. The molecule has 12 heavy (non-hydrogen) atoms. The van der Waals surface area contributed by atoms with Gasteiger partial charge in [0, 0.05) is 5.54 Å². The molecule has 0 heterocycles. The number of carbonyl (C=O) groups is 2. The Morgan fingerprint density at radius 3 is 2.33 bits per heavy atom. The van der Waals surface area contributed by atoms with Crippen LogP contribution in [0.1, 0.15) is 26.2 Å². The number of nitrogens with one attached hydrogen (secondary N) is 1. The molecule has 1 rings (SSSR count). The summed E-state index contributed by atoms with van der Waals surface area (Å²) in [6, 6.07) is 0. The third-order valence-electron chi connectivity index (χ3n) is 2.24. The Balaban J connectivity index is 2.40. The van der Waals surface area contributed by atoms with Crippen LogP contribution in [0.15, 0.2) is 0 Å². The van der Waals surface area contributed by atoms with Crippen molar-refractivity contribution in [1.29, 1.82) is 0 Å². The highest BCUT2D eigenvalue weighted by molar-refractivity contribution is 6.32. The van der Waals surface area contributed by atoms with Gasteiger partial charge in [0.05, 0.1) is 7.11 Å². The van der Waals surface area contributed by atoms with E-state index in [9.17, 15) is 9.59 Å². The van der Waals surface area contributed by atoms with E-state index in [1.807, 2.05) is 6.92 Å². The van der Waals surface area contributed by atoms with Crippen LogP contribution in [-0.2, 0) is 14.3 Å². The van der Waals surface area contributed by atoms with Gasteiger partial charge in [0.2, 0.25) is 0 Å². The van der Waals surface area contributed by atoms with Gasteiger partial charge in [-0.05, 0) is 26.2 Å². The van der Waals surface area contributed by atoms with Gasteiger partial charge in [-0.3, -0.25) is 4.79 Å². The van der Waals surface area contributed by atoms with Crippen molar-refractivity contribution in [3.63, 3.8) is 0 Å². The number of hydrogen-bond donors (Lipinski definition) is 1. The SMILES string of the molecule is COC(=O)C(=O)NC1(C)CCC1. The van der Waals surface area contributed by atoms with Gasteiger partial charge in [-0.2, -0.15) is 0 Å². The number of hydrogen-bond acceptors (Lipinski definition) is 3. The molecule has 1 fully saturated rings. The molecule has 68 valence electrons. The van der Waals surface area contributed by atoms with Crippen LogP contribution < -0.4 is 5.32 Å². The summed E-state index contributed by atoms with van der Waals surface area (Å²) in [6.45, 7) is 1.93. The number of ether oxygens (including phenoxy) is 1. The van der Waals surface area contributed by atoms with E-state index in [4.69, 9.17) is 0 Å². The Kier molecular flexibility index (Phi) is 2.35. The van der Waals surface area contributed by atoms with Crippen LogP contribution in [0.2, 0.25) is 0 Å². The number of rotatable bonds is 1. The molecule has 1 aliphatic carbocycles. The van der Waals surface area contributed by atoms with Gasteiger partial charge in [-0.1, -0.05) is 0 Å². The van der Waals surface area contributed by atoms with Crippen LogP contribution >= 0.6 is 0 Å². The van der Waals surface area contributed by atoms with Gasteiger partial charge in [0.15, 0.2) is 0 Å². The lowest BCUT2D eigenvalue weighted by Gasteiger charge is -2.38. The highest BCUT2D eigenvalue weighted by Gasteiger charge is 2.34. The van der Waals surface area contributed by atoms with Gasteiger partial charge in [0.1, 0.15) is 0 Å². The zero-order chi connectivity index (χ0) is 9.19. The Morgan fingerprint density at radius 2 is 2.00 bits per heavy atom. The second-order valence-electron chi connectivity index (χ2n) is 3.36. The van der Waals surface area contributed by atoms with Crippen molar-refractivity contribution in [2.45, 2.75) is 31.7 Å². The zero-order valence-electron chi connectivity index (χ0n) is 7.35. The maximum absolute atomic E-state index is 11.0. The first-order valence-corrected chi connectivity index (χ1v) is 3.98. The average molecular weight is 171 g/mol. The molecule has 0 bridgehead atoms. The molecule has 1 aliphatic rings. The highest BCUT2D eigenvalue weighted by Crippen LogP contribution is 2.30. The fraction of sp³-hybridized carbons (Fsp3) is 0.750. The molecule has 4 heteroatoms. The van der Waals surface area contributed by atoms with E-state index in [1.165, 1.54) is 7.11 Å². The second kappa shape index (κ2) is 3.13. The highest BCUT2D eigenvalue weighted by atomic mass is 16.5. The number of esters is 1. The molecule has 1 saturated carbocycles. The first kappa shape index (κ1) is 9.03. The van der Waals surface area contributed by atoms with Crippen molar-refractivity contribution in [3.05, 3.63) is 0 Å². The summed E-state index contributed by atoms with van der Waals surface area (Å²) in [7, 11) is 1.20. The molecule has 1 amide bonds. The minimum atomic E-state index is -0.817.